The van der Waals surface area contributed by atoms with E-state index in [0.717, 1.165) is 28.5 Å². The molecule has 0 unspecified atom stereocenters. The summed E-state index contributed by atoms with van der Waals surface area (Å²) in [7, 11) is 0. The standard InChI is InChI=1S/C22H20O2/c1-16-7-6-10-19(11-16)20-12-17(2)22(21(13-20)14-23)24-15-18-8-4-3-5-9-18/h3-14H,15H2,1-2H3. The van der Waals surface area contributed by atoms with Gasteiger partial charge in [0.1, 0.15) is 12.4 Å². The summed E-state index contributed by atoms with van der Waals surface area (Å²) in [5, 5.41) is 0. The first kappa shape index (κ1) is 16.0. The van der Waals surface area contributed by atoms with Gasteiger partial charge in [-0.3, -0.25) is 4.79 Å². The van der Waals surface area contributed by atoms with Crippen molar-refractivity contribution in [2.45, 2.75) is 20.5 Å². The fourth-order valence-corrected chi connectivity index (χ4v) is 2.81. The maximum Gasteiger partial charge on any atom is 0.153 e. The van der Waals surface area contributed by atoms with Gasteiger partial charge in [-0.1, -0.05) is 60.2 Å². The molecule has 2 nitrogen and oxygen atoms in total. The molecule has 0 fully saturated rings. The van der Waals surface area contributed by atoms with Gasteiger partial charge in [0.15, 0.2) is 6.29 Å². The lowest BCUT2D eigenvalue weighted by molar-refractivity contribution is 0.111. The topological polar surface area (TPSA) is 26.3 Å². The molecule has 0 N–H and O–H groups in total. The van der Waals surface area contributed by atoms with E-state index >= 15 is 0 Å². The average molecular weight is 316 g/mol. The molecular weight excluding hydrogens is 296 g/mol. The molecule has 3 aromatic carbocycles. The Morgan fingerprint density at radius 3 is 2.38 bits per heavy atom. The molecule has 0 saturated heterocycles. The first-order valence-corrected chi connectivity index (χ1v) is 8.01. The molecule has 0 amide bonds. The summed E-state index contributed by atoms with van der Waals surface area (Å²) in [5.74, 6) is 0.658. The normalized spacial score (nSPS) is 10.4. The SMILES string of the molecule is Cc1cccc(-c2cc(C)c(OCc3ccccc3)c(C=O)c2)c1. The Morgan fingerprint density at radius 2 is 1.67 bits per heavy atom. The van der Waals surface area contributed by atoms with Crippen molar-refractivity contribution in [2.24, 2.45) is 0 Å². The number of aldehydes is 1. The van der Waals surface area contributed by atoms with Gasteiger partial charge in [0, 0.05) is 0 Å². The van der Waals surface area contributed by atoms with Crippen LogP contribution in [0.1, 0.15) is 27.0 Å². The molecule has 0 heterocycles. The predicted octanol–water partition coefficient (Wildman–Crippen LogP) is 5.36. The van der Waals surface area contributed by atoms with Gasteiger partial charge in [-0.25, -0.2) is 0 Å². The molecule has 120 valence electrons. The van der Waals surface area contributed by atoms with Crippen molar-refractivity contribution in [1.29, 1.82) is 0 Å². The van der Waals surface area contributed by atoms with Crippen molar-refractivity contribution in [2.75, 3.05) is 0 Å². The molecule has 0 saturated carbocycles. The maximum absolute atomic E-state index is 11.6. The molecule has 0 aliphatic carbocycles. The lowest BCUT2D eigenvalue weighted by Crippen LogP contribution is -2.01. The smallest absolute Gasteiger partial charge is 0.153 e. The first-order valence-electron chi connectivity index (χ1n) is 8.01. The fraction of sp³-hybridized carbons (Fsp3) is 0.136. The van der Waals surface area contributed by atoms with Crippen LogP contribution in [0, 0.1) is 13.8 Å². The quantitative estimate of drug-likeness (QED) is 0.592. The van der Waals surface area contributed by atoms with Crippen LogP contribution in [-0.2, 0) is 6.61 Å². The Labute approximate surface area is 142 Å². The third-order valence-electron chi connectivity index (χ3n) is 4.01. The van der Waals surface area contributed by atoms with E-state index in [1.807, 2.05) is 49.4 Å². The van der Waals surface area contributed by atoms with E-state index in [1.54, 1.807) is 0 Å². The number of aryl methyl sites for hydroxylation is 2. The molecule has 2 heteroatoms. The van der Waals surface area contributed by atoms with E-state index in [0.29, 0.717) is 17.9 Å². The van der Waals surface area contributed by atoms with Gasteiger partial charge in [-0.05, 0) is 48.2 Å². The number of ether oxygens (including phenoxy) is 1. The molecule has 3 rings (SSSR count). The highest BCUT2D eigenvalue weighted by atomic mass is 16.5. The van der Waals surface area contributed by atoms with Gasteiger partial charge in [0.05, 0.1) is 5.56 Å². The highest BCUT2D eigenvalue weighted by Gasteiger charge is 2.11. The molecule has 0 aliphatic rings. The Kier molecular flexibility index (Phi) is 4.76. The molecule has 0 atom stereocenters. The van der Waals surface area contributed by atoms with Crippen LogP contribution in [0.25, 0.3) is 11.1 Å². The van der Waals surface area contributed by atoms with Crippen LogP contribution in [-0.4, -0.2) is 6.29 Å². The van der Waals surface area contributed by atoms with Crippen LogP contribution in [0.5, 0.6) is 5.75 Å². The minimum atomic E-state index is 0.451. The lowest BCUT2D eigenvalue weighted by Gasteiger charge is -2.14. The highest BCUT2D eigenvalue weighted by molar-refractivity contribution is 5.84. The van der Waals surface area contributed by atoms with Crippen molar-refractivity contribution in [3.8, 4) is 16.9 Å². The highest BCUT2D eigenvalue weighted by Crippen LogP contribution is 2.30. The van der Waals surface area contributed by atoms with Crippen LogP contribution in [0.15, 0.2) is 66.7 Å². The Morgan fingerprint density at radius 1 is 0.875 bits per heavy atom. The molecule has 0 spiro atoms. The van der Waals surface area contributed by atoms with Crippen molar-refractivity contribution in [3.63, 3.8) is 0 Å². The second kappa shape index (κ2) is 7.14. The van der Waals surface area contributed by atoms with Gasteiger partial charge >= 0.3 is 0 Å². The second-order valence-corrected chi connectivity index (χ2v) is 5.97. The number of rotatable bonds is 5. The number of hydrogen-bond acceptors (Lipinski definition) is 2. The largest absolute Gasteiger partial charge is 0.488 e. The van der Waals surface area contributed by atoms with Gasteiger partial charge < -0.3 is 4.74 Å². The van der Waals surface area contributed by atoms with E-state index in [4.69, 9.17) is 4.74 Å². The summed E-state index contributed by atoms with van der Waals surface area (Å²) >= 11 is 0. The summed E-state index contributed by atoms with van der Waals surface area (Å²) < 4.78 is 5.93. The second-order valence-electron chi connectivity index (χ2n) is 5.97. The Bertz CT molecular complexity index is 851. The van der Waals surface area contributed by atoms with Gasteiger partial charge in [0.2, 0.25) is 0 Å². The van der Waals surface area contributed by atoms with E-state index < -0.39 is 0 Å². The molecular formula is C22H20O2. The van der Waals surface area contributed by atoms with Crippen LogP contribution in [0.2, 0.25) is 0 Å². The number of carbonyl (C=O) groups excluding carboxylic acids is 1. The molecule has 0 radical (unpaired) electrons. The van der Waals surface area contributed by atoms with Crippen molar-refractivity contribution in [1.82, 2.24) is 0 Å². The average Bonchev–Trinajstić information content (AvgIpc) is 2.61. The summed E-state index contributed by atoms with van der Waals surface area (Å²) in [6.45, 7) is 4.49. The molecule has 24 heavy (non-hydrogen) atoms. The van der Waals surface area contributed by atoms with E-state index in [9.17, 15) is 4.79 Å². The Hall–Kier alpha value is -2.87. The first-order chi connectivity index (χ1) is 11.7. The summed E-state index contributed by atoms with van der Waals surface area (Å²) in [4.78, 5) is 11.6. The minimum Gasteiger partial charge on any atom is -0.488 e. The predicted molar refractivity (Wildman–Crippen MR) is 97.5 cm³/mol. The number of hydrogen-bond donors (Lipinski definition) is 0. The molecule has 0 aromatic heterocycles. The monoisotopic (exact) mass is 316 g/mol. The summed E-state index contributed by atoms with van der Waals surface area (Å²) in [6, 6.07) is 22.2. The summed E-state index contributed by atoms with van der Waals surface area (Å²) in [6.07, 6.45) is 0.868. The van der Waals surface area contributed by atoms with E-state index in [1.165, 1.54) is 5.56 Å². The van der Waals surface area contributed by atoms with Crippen molar-refractivity contribution in [3.05, 3.63) is 89.0 Å². The number of carbonyl (C=O) groups is 1. The van der Waals surface area contributed by atoms with Gasteiger partial charge in [0.25, 0.3) is 0 Å². The third-order valence-corrected chi connectivity index (χ3v) is 4.01. The van der Waals surface area contributed by atoms with E-state index in [2.05, 4.69) is 31.2 Å². The van der Waals surface area contributed by atoms with Crippen molar-refractivity contribution < 1.29 is 9.53 Å². The molecule has 0 bridgehead atoms. The van der Waals surface area contributed by atoms with Crippen molar-refractivity contribution >= 4 is 6.29 Å². The van der Waals surface area contributed by atoms with Crippen LogP contribution in [0.4, 0.5) is 0 Å². The van der Waals surface area contributed by atoms with Crippen LogP contribution in [0.3, 0.4) is 0 Å². The lowest BCUT2D eigenvalue weighted by atomic mass is 9.98. The Balaban J connectivity index is 1.92. The van der Waals surface area contributed by atoms with E-state index in [-0.39, 0.29) is 0 Å². The van der Waals surface area contributed by atoms with Crippen LogP contribution >= 0.6 is 0 Å². The van der Waals surface area contributed by atoms with Crippen LogP contribution < -0.4 is 4.74 Å². The van der Waals surface area contributed by atoms with Gasteiger partial charge in [-0.2, -0.15) is 0 Å². The minimum absolute atomic E-state index is 0.451. The molecule has 3 aromatic rings. The zero-order chi connectivity index (χ0) is 16.9. The number of benzene rings is 3. The zero-order valence-electron chi connectivity index (χ0n) is 14.0. The summed E-state index contributed by atoms with van der Waals surface area (Å²) in [5.41, 5.74) is 5.97. The fourth-order valence-electron chi connectivity index (χ4n) is 2.81. The third kappa shape index (κ3) is 3.54. The molecule has 0 aliphatic heterocycles. The zero-order valence-corrected chi connectivity index (χ0v) is 14.0. The van der Waals surface area contributed by atoms with Gasteiger partial charge in [-0.15, -0.1) is 0 Å². The maximum atomic E-state index is 11.6.